The van der Waals surface area contributed by atoms with Gasteiger partial charge in [-0.3, -0.25) is 0 Å². The summed E-state index contributed by atoms with van der Waals surface area (Å²) in [5.74, 6) is 0.0208. The molecule has 0 aliphatic carbocycles. The van der Waals surface area contributed by atoms with E-state index in [1.807, 2.05) is 6.92 Å². The van der Waals surface area contributed by atoms with E-state index in [4.69, 9.17) is 25.8 Å². The van der Waals surface area contributed by atoms with Crippen molar-refractivity contribution in [2.45, 2.75) is 39.5 Å². The van der Waals surface area contributed by atoms with Gasteiger partial charge in [-0.25, -0.2) is 4.79 Å². The number of carbonyl (C=O) groups excluding carboxylic acids is 1. The molecule has 0 atom stereocenters. The number of hydrogen-bond acceptors (Lipinski definition) is 6. The Morgan fingerprint density at radius 1 is 1.16 bits per heavy atom. The van der Waals surface area contributed by atoms with Gasteiger partial charge < -0.3 is 19.3 Å². The monoisotopic (exact) mass is 367 g/mol. The van der Waals surface area contributed by atoms with Crippen molar-refractivity contribution in [2.75, 3.05) is 13.2 Å². The molecule has 1 aromatic carbocycles. The lowest BCUT2D eigenvalue weighted by atomic mass is 10.1. The molecule has 0 saturated heterocycles. The van der Waals surface area contributed by atoms with E-state index in [2.05, 4.69) is 11.9 Å². The van der Waals surface area contributed by atoms with Crippen molar-refractivity contribution in [3.8, 4) is 17.4 Å². The van der Waals surface area contributed by atoms with Crippen molar-refractivity contribution in [1.82, 2.24) is 4.98 Å². The Bertz CT molecular complexity index is 735. The fraction of sp³-hybridized carbons (Fsp3) is 0.444. The molecular weight excluding hydrogens is 346 g/mol. The van der Waals surface area contributed by atoms with Crippen molar-refractivity contribution < 1.29 is 24.1 Å². The number of rotatable bonds is 8. The van der Waals surface area contributed by atoms with Crippen molar-refractivity contribution in [2.24, 2.45) is 0 Å². The number of unbranched alkanes of at least 4 members (excludes halogenated alkanes) is 2. The summed E-state index contributed by atoms with van der Waals surface area (Å²) in [6.45, 7) is 4.87. The number of halogens is 1. The fourth-order valence-corrected chi connectivity index (χ4v) is 2.36. The van der Waals surface area contributed by atoms with Crippen LogP contribution in [0.25, 0.3) is 10.8 Å². The molecule has 2 rings (SSSR count). The van der Waals surface area contributed by atoms with Crippen LogP contribution in [0.3, 0.4) is 0 Å². The first-order chi connectivity index (χ1) is 12.1. The zero-order valence-corrected chi connectivity index (χ0v) is 15.1. The molecule has 1 aromatic heterocycles. The third-order valence-corrected chi connectivity index (χ3v) is 3.82. The highest BCUT2D eigenvalue weighted by Crippen LogP contribution is 2.38. The molecule has 0 unspecified atom stereocenters. The standard InChI is InChI=1S/C18H22ClNO5/c1-3-5-9-23-12-7-8-13-14(11-12)15(21)17(20-16(13)19)25-18(22)24-10-6-4-2/h7-8,11,21H,3-6,9-10H2,1-2H3. The molecule has 0 spiro atoms. The van der Waals surface area contributed by atoms with Gasteiger partial charge in [-0.05, 0) is 31.0 Å². The van der Waals surface area contributed by atoms with Crippen molar-refractivity contribution in [3.05, 3.63) is 23.4 Å². The quantitative estimate of drug-likeness (QED) is 0.398. The maximum atomic E-state index is 11.7. The Morgan fingerprint density at radius 2 is 1.88 bits per heavy atom. The molecule has 0 fully saturated rings. The number of ether oxygens (including phenoxy) is 3. The molecule has 0 aliphatic heterocycles. The third-order valence-electron chi connectivity index (χ3n) is 3.54. The van der Waals surface area contributed by atoms with E-state index < -0.39 is 6.16 Å². The molecular formula is C18H22ClNO5. The molecule has 0 bridgehead atoms. The summed E-state index contributed by atoms with van der Waals surface area (Å²) in [5, 5.41) is 11.4. The first-order valence-electron chi connectivity index (χ1n) is 8.36. The molecule has 6 nitrogen and oxygen atoms in total. The Labute approximate surface area is 151 Å². The van der Waals surface area contributed by atoms with Crippen LogP contribution in [0.15, 0.2) is 18.2 Å². The molecule has 0 saturated carbocycles. The normalized spacial score (nSPS) is 10.7. The van der Waals surface area contributed by atoms with Gasteiger partial charge in [-0.2, -0.15) is 4.98 Å². The zero-order chi connectivity index (χ0) is 18.2. The van der Waals surface area contributed by atoms with E-state index in [0.29, 0.717) is 23.1 Å². The van der Waals surface area contributed by atoms with Crippen LogP contribution >= 0.6 is 11.6 Å². The summed E-state index contributed by atoms with van der Waals surface area (Å²) < 4.78 is 15.5. The van der Waals surface area contributed by atoms with Gasteiger partial charge in [-0.15, -0.1) is 0 Å². The van der Waals surface area contributed by atoms with Crippen LogP contribution < -0.4 is 9.47 Å². The molecule has 0 aliphatic rings. The number of hydrogen-bond donors (Lipinski definition) is 1. The summed E-state index contributed by atoms with van der Waals surface area (Å²) >= 11 is 6.13. The fourth-order valence-electron chi connectivity index (χ4n) is 2.12. The van der Waals surface area contributed by atoms with Crippen molar-refractivity contribution in [1.29, 1.82) is 0 Å². The Hall–Kier alpha value is -2.21. The van der Waals surface area contributed by atoms with E-state index in [9.17, 15) is 9.90 Å². The van der Waals surface area contributed by atoms with Crippen LogP contribution in [-0.2, 0) is 4.74 Å². The number of aromatic nitrogens is 1. The number of aromatic hydroxyl groups is 1. The third kappa shape index (κ3) is 5.13. The molecule has 0 amide bonds. The first-order valence-corrected chi connectivity index (χ1v) is 8.74. The van der Waals surface area contributed by atoms with E-state index in [1.54, 1.807) is 18.2 Å². The Balaban J connectivity index is 2.23. The highest BCUT2D eigenvalue weighted by molar-refractivity contribution is 6.34. The maximum absolute atomic E-state index is 11.7. The van der Waals surface area contributed by atoms with Gasteiger partial charge in [-0.1, -0.05) is 38.3 Å². The van der Waals surface area contributed by atoms with Gasteiger partial charge in [0.25, 0.3) is 5.88 Å². The largest absolute Gasteiger partial charge is 0.515 e. The highest BCUT2D eigenvalue weighted by Gasteiger charge is 2.18. The van der Waals surface area contributed by atoms with Crippen LogP contribution in [0.1, 0.15) is 39.5 Å². The Morgan fingerprint density at radius 3 is 2.60 bits per heavy atom. The first kappa shape index (κ1) is 19.1. The minimum atomic E-state index is -0.929. The van der Waals surface area contributed by atoms with Crippen LogP contribution in [0, 0.1) is 0 Å². The second-order valence-electron chi connectivity index (χ2n) is 5.52. The number of fused-ring (bicyclic) bond motifs is 1. The van der Waals surface area contributed by atoms with Gasteiger partial charge in [0.15, 0.2) is 5.75 Å². The zero-order valence-electron chi connectivity index (χ0n) is 14.4. The topological polar surface area (TPSA) is 77.9 Å². The van der Waals surface area contributed by atoms with Gasteiger partial charge in [0, 0.05) is 10.8 Å². The predicted octanol–water partition coefficient (Wildman–Crippen LogP) is 5.09. The molecule has 7 heteroatoms. The van der Waals surface area contributed by atoms with Crippen LogP contribution in [0.4, 0.5) is 4.79 Å². The van der Waals surface area contributed by atoms with Crippen LogP contribution in [0.2, 0.25) is 5.15 Å². The number of benzene rings is 1. The molecule has 0 radical (unpaired) electrons. The number of carbonyl (C=O) groups is 1. The average Bonchev–Trinajstić information content (AvgIpc) is 2.60. The second-order valence-corrected chi connectivity index (χ2v) is 5.88. The molecule has 2 aromatic rings. The van der Waals surface area contributed by atoms with Crippen molar-refractivity contribution >= 4 is 28.5 Å². The predicted molar refractivity (Wildman–Crippen MR) is 95.7 cm³/mol. The van der Waals surface area contributed by atoms with Crippen LogP contribution in [0.5, 0.6) is 17.4 Å². The van der Waals surface area contributed by atoms with E-state index in [0.717, 1.165) is 25.7 Å². The number of nitrogens with zero attached hydrogens (tertiary/aromatic N) is 1. The smallest absolute Gasteiger partial charge is 0.503 e. The molecule has 1 heterocycles. The summed E-state index contributed by atoms with van der Waals surface area (Å²) in [7, 11) is 0. The molecule has 1 N–H and O–H groups in total. The highest BCUT2D eigenvalue weighted by atomic mass is 35.5. The lowest BCUT2D eigenvalue weighted by Crippen LogP contribution is -2.12. The SMILES string of the molecule is CCCCOC(=O)Oc1nc(Cl)c2ccc(OCCCC)cc2c1O. The minimum absolute atomic E-state index is 0.115. The van der Waals surface area contributed by atoms with Gasteiger partial charge in [0.05, 0.1) is 13.2 Å². The van der Waals surface area contributed by atoms with Gasteiger partial charge >= 0.3 is 6.16 Å². The maximum Gasteiger partial charge on any atom is 0.515 e. The summed E-state index contributed by atoms with van der Waals surface area (Å²) in [6, 6.07) is 5.10. The van der Waals surface area contributed by atoms with Crippen molar-refractivity contribution in [3.63, 3.8) is 0 Å². The van der Waals surface area contributed by atoms with Gasteiger partial charge in [0.2, 0.25) is 0 Å². The second kappa shape index (κ2) is 9.32. The Kier molecular flexibility index (Phi) is 7.13. The average molecular weight is 368 g/mol. The van der Waals surface area contributed by atoms with E-state index in [1.165, 1.54) is 0 Å². The minimum Gasteiger partial charge on any atom is -0.503 e. The molecule has 25 heavy (non-hydrogen) atoms. The lowest BCUT2D eigenvalue weighted by Gasteiger charge is -2.11. The number of pyridine rings is 1. The molecule has 136 valence electrons. The van der Waals surface area contributed by atoms with Crippen LogP contribution in [-0.4, -0.2) is 29.5 Å². The summed E-state index contributed by atoms with van der Waals surface area (Å²) in [4.78, 5) is 15.6. The van der Waals surface area contributed by atoms with E-state index >= 15 is 0 Å². The lowest BCUT2D eigenvalue weighted by molar-refractivity contribution is 0.0952. The summed E-state index contributed by atoms with van der Waals surface area (Å²) in [5.41, 5.74) is 0. The summed E-state index contributed by atoms with van der Waals surface area (Å²) in [6.07, 6.45) is 2.64. The van der Waals surface area contributed by atoms with E-state index in [-0.39, 0.29) is 23.4 Å². The van der Waals surface area contributed by atoms with Gasteiger partial charge in [0.1, 0.15) is 10.9 Å².